The standard InChI is InChI=1S/C15H21N3/c1-8(2)12-7-10(5)11(6)15-13(12)14(9(3)4)16-18-17-15/h7-9H,1-6H3. The van der Waals surface area contributed by atoms with Crippen LogP contribution in [0, 0.1) is 13.8 Å². The molecule has 1 heterocycles. The molecule has 1 aromatic carbocycles. The van der Waals surface area contributed by atoms with Crippen molar-refractivity contribution in [1.29, 1.82) is 0 Å². The second-order valence-electron chi connectivity index (χ2n) is 5.62. The van der Waals surface area contributed by atoms with Gasteiger partial charge in [0.05, 0.1) is 5.69 Å². The Morgan fingerprint density at radius 1 is 0.944 bits per heavy atom. The Bertz CT molecular complexity index is 586. The highest BCUT2D eigenvalue weighted by molar-refractivity contribution is 5.88. The van der Waals surface area contributed by atoms with Crippen LogP contribution >= 0.6 is 0 Å². The van der Waals surface area contributed by atoms with Crippen LogP contribution in [0.5, 0.6) is 0 Å². The van der Waals surface area contributed by atoms with Crippen molar-refractivity contribution in [2.45, 2.75) is 53.4 Å². The maximum absolute atomic E-state index is 4.27. The monoisotopic (exact) mass is 243 g/mol. The molecule has 2 aromatic rings. The molecule has 0 unspecified atom stereocenters. The van der Waals surface area contributed by atoms with E-state index in [2.05, 4.69) is 63.0 Å². The van der Waals surface area contributed by atoms with E-state index in [0.717, 1.165) is 11.2 Å². The molecule has 18 heavy (non-hydrogen) atoms. The van der Waals surface area contributed by atoms with E-state index in [4.69, 9.17) is 0 Å². The molecule has 0 aliphatic carbocycles. The summed E-state index contributed by atoms with van der Waals surface area (Å²) in [6.45, 7) is 13.0. The molecule has 0 atom stereocenters. The Kier molecular flexibility index (Phi) is 3.33. The van der Waals surface area contributed by atoms with Crippen LogP contribution in [0.25, 0.3) is 10.9 Å². The normalized spacial score (nSPS) is 11.8. The van der Waals surface area contributed by atoms with Crippen LogP contribution in [0.2, 0.25) is 0 Å². The SMILES string of the molecule is Cc1cc(C(C)C)c2c(C(C)C)nnnc2c1C. The van der Waals surface area contributed by atoms with Crippen molar-refractivity contribution >= 4 is 10.9 Å². The Morgan fingerprint density at radius 2 is 1.61 bits per heavy atom. The molecule has 0 saturated heterocycles. The Morgan fingerprint density at radius 3 is 2.17 bits per heavy atom. The number of rotatable bonds is 2. The first-order chi connectivity index (χ1) is 8.43. The molecule has 3 nitrogen and oxygen atoms in total. The maximum atomic E-state index is 4.27. The summed E-state index contributed by atoms with van der Waals surface area (Å²) in [6, 6.07) is 2.28. The minimum atomic E-state index is 0.364. The highest BCUT2D eigenvalue weighted by Crippen LogP contribution is 2.32. The van der Waals surface area contributed by atoms with Crippen LogP contribution in [0.15, 0.2) is 6.07 Å². The lowest BCUT2D eigenvalue weighted by molar-refractivity contribution is 0.756. The second-order valence-corrected chi connectivity index (χ2v) is 5.62. The Balaban J connectivity index is 2.95. The van der Waals surface area contributed by atoms with Crippen LogP contribution in [-0.4, -0.2) is 15.4 Å². The predicted molar refractivity (Wildman–Crippen MR) is 75.0 cm³/mol. The number of aromatic nitrogens is 3. The molecule has 96 valence electrons. The van der Waals surface area contributed by atoms with Crippen LogP contribution in [-0.2, 0) is 0 Å². The van der Waals surface area contributed by atoms with Crippen molar-refractivity contribution in [3.8, 4) is 0 Å². The largest absolute Gasteiger partial charge is 0.134 e. The average molecular weight is 243 g/mol. The summed E-state index contributed by atoms with van der Waals surface area (Å²) in [4.78, 5) is 0. The molecule has 0 radical (unpaired) electrons. The van der Waals surface area contributed by atoms with Gasteiger partial charge in [0.25, 0.3) is 0 Å². The quantitative estimate of drug-likeness (QED) is 0.803. The van der Waals surface area contributed by atoms with Crippen molar-refractivity contribution in [3.63, 3.8) is 0 Å². The van der Waals surface area contributed by atoms with Crippen LogP contribution in [0.3, 0.4) is 0 Å². The summed E-state index contributed by atoms with van der Waals surface area (Å²) in [5.41, 5.74) is 5.90. The van der Waals surface area contributed by atoms with Gasteiger partial charge in [0.15, 0.2) is 0 Å². The van der Waals surface area contributed by atoms with Crippen molar-refractivity contribution in [1.82, 2.24) is 15.4 Å². The fourth-order valence-corrected chi connectivity index (χ4v) is 2.34. The zero-order valence-electron chi connectivity index (χ0n) is 12.1. The third kappa shape index (κ3) is 1.98. The van der Waals surface area contributed by atoms with E-state index in [1.807, 2.05) is 0 Å². The van der Waals surface area contributed by atoms with Gasteiger partial charge >= 0.3 is 0 Å². The number of hydrogen-bond acceptors (Lipinski definition) is 3. The van der Waals surface area contributed by atoms with Gasteiger partial charge in [0.1, 0.15) is 5.52 Å². The zero-order chi connectivity index (χ0) is 13.4. The summed E-state index contributed by atoms with van der Waals surface area (Å²) in [6.07, 6.45) is 0. The Labute approximate surface area is 109 Å². The van der Waals surface area contributed by atoms with Crippen LogP contribution in [0.1, 0.15) is 61.9 Å². The van der Waals surface area contributed by atoms with E-state index in [0.29, 0.717) is 11.8 Å². The molecule has 0 aliphatic heterocycles. The molecule has 0 spiro atoms. The first kappa shape index (κ1) is 12.9. The zero-order valence-corrected chi connectivity index (χ0v) is 12.1. The van der Waals surface area contributed by atoms with E-state index < -0.39 is 0 Å². The summed E-state index contributed by atoms with van der Waals surface area (Å²) in [5.74, 6) is 0.831. The molecule has 0 N–H and O–H groups in total. The summed E-state index contributed by atoms with van der Waals surface area (Å²) >= 11 is 0. The number of aryl methyl sites for hydroxylation is 2. The lowest BCUT2D eigenvalue weighted by atomic mass is 9.90. The number of nitrogens with zero attached hydrogens (tertiary/aromatic N) is 3. The van der Waals surface area contributed by atoms with E-state index in [-0.39, 0.29) is 0 Å². The molecule has 0 bridgehead atoms. The fourth-order valence-electron chi connectivity index (χ4n) is 2.34. The maximum Gasteiger partial charge on any atom is 0.100 e. The van der Waals surface area contributed by atoms with E-state index in [1.165, 1.54) is 22.1 Å². The van der Waals surface area contributed by atoms with Gasteiger partial charge in [-0.25, -0.2) is 0 Å². The highest BCUT2D eigenvalue weighted by atomic mass is 15.3. The van der Waals surface area contributed by atoms with Gasteiger partial charge in [-0.05, 0) is 47.6 Å². The van der Waals surface area contributed by atoms with Crippen molar-refractivity contribution < 1.29 is 0 Å². The van der Waals surface area contributed by atoms with Gasteiger partial charge in [-0.1, -0.05) is 33.8 Å². The fraction of sp³-hybridized carbons (Fsp3) is 0.533. The minimum Gasteiger partial charge on any atom is -0.134 e. The van der Waals surface area contributed by atoms with E-state index >= 15 is 0 Å². The van der Waals surface area contributed by atoms with E-state index in [9.17, 15) is 0 Å². The molecule has 1 aromatic heterocycles. The van der Waals surface area contributed by atoms with Gasteiger partial charge < -0.3 is 0 Å². The molecule has 0 aliphatic rings. The van der Waals surface area contributed by atoms with Gasteiger partial charge in [-0.2, -0.15) is 0 Å². The molecule has 0 fully saturated rings. The third-order valence-corrected chi connectivity index (χ3v) is 3.57. The van der Waals surface area contributed by atoms with Crippen molar-refractivity contribution in [2.75, 3.05) is 0 Å². The van der Waals surface area contributed by atoms with Gasteiger partial charge in [0.2, 0.25) is 0 Å². The third-order valence-electron chi connectivity index (χ3n) is 3.57. The minimum absolute atomic E-state index is 0.364. The van der Waals surface area contributed by atoms with Crippen LogP contribution < -0.4 is 0 Å². The molecule has 2 rings (SSSR count). The van der Waals surface area contributed by atoms with Crippen LogP contribution in [0.4, 0.5) is 0 Å². The molecular formula is C15H21N3. The number of hydrogen-bond donors (Lipinski definition) is 0. The molecule has 3 heteroatoms. The van der Waals surface area contributed by atoms with Gasteiger partial charge in [-0.3, -0.25) is 0 Å². The first-order valence-corrected chi connectivity index (χ1v) is 6.56. The first-order valence-electron chi connectivity index (χ1n) is 6.56. The molecular weight excluding hydrogens is 222 g/mol. The number of fused-ring (bicyclic) bond motifs is 1. The lowest BCUT2D eigenvalue weighted by Gasteiger charge is -2.17. The van der Waals surface area contributed by atoms with Gasteiger partial charge in [0, 0.05) is 5.39 Å². The lowest BCUT2D eigenvalue weighted by Crippen LogP contribution is -2.05. The average Bonchev–Trinajstić information content (AvgIpc) is 2.32. The van der Waals surface area contributed by atoms with Crippen molar-refractivity contribution in [2.24, 2.45) is 0 Å². The summed E-state index contributed by atoms with van der Waals surface area (Å²) < 4.78 is 0. The molecule has 0 saturated carbocycles. The molecule has 0 amide bonds. The smallest absolute Gasteiger partial charge is 0.100 e. The topological polar surface area (TPSA) is 38.7 Å². The van der Waals surface area contributed by atoms with E-state index in [1.54, 1.807) is 0 Å². The number of benzene rings is 1. The second kappa shape index (κ2) is 4.63. The summed E-state index contributed by atoms with van der Waals surface area (Å²) in [7, 11) is 0. The highest BCUT2D eigenvalue weighted by Gasteiger charge is 2.17. The summed E-state index contributed by atoms with van der Waals surface area (Å²) in [5, 5.41) is 13.7. The van der Waals surface area contributed by atoms with Gasteiger partial charge in [-0.15, -0.1) is 10.2 Å². The Hall–Kier alpha value is -1.51. The van der Waals surface area contributed by atoms with Crippen molar-refractivity contribution in [3.05, 3.63) is 28.5 Å². The predicted octanol–water partition coefficient (Wildman–Crippen LogP) is 3.89.